The van der Waals surface area contributed by atoms with Crippen molar-refractivity contribution in [3.63, 3.8) is 0 Å². The first kappa shape index (κ1) is 21.8. The molecule has 1 aliphatic carbocycles. The van der Waals surface area contributed by atoms with Crippen LogP contribution in [0.1, 0.15) is 32.1 Å². The zero-order valence-corrected chi connectivity index (χ0v) is 16.3. The third kappa shape index (κ3) is 4.90. The van der Waals surface area contributed by atoms with E-state index in [1.165, 1.54) is 6.42 Å². The van der Waals surface area contributed by atoms with E-state index in [1.807, 2.05) is 17.0 Å². The third-order valence-electron chi connectivity index (χ3n) is 5.02. The number of carbonyl (C=O) groups is 1. The van der Waals surface area contributed by atoms with Crippen molar-refractivity contribution in [3.8, 4) is 5.75 Å². The van der Waals surface area contributed by atoms with Gasteiger partial charge in [-0.1, -0.05) is 19.3 Å². The molecule has 2 aliphatic rings. The lowest BCUT2D eigenvalue weighted by Gasteiger charge is -2.41. The summed E-state index contributed by atoms with van der Waals surface area (Å²) in [6.45, 7) is 2.97. The summed E-state index contributed by atoms with van der Waals surface area (Å²) in [5.74, 6) is 1.84. The lowest BCUT2D eigenvalue weighted by Crippen LogP contribution is -2.60. The molecule has 6 nitrogen and oxygen atoms in total. The van der Waals surface area contributed by atoms with Gasteiger partial charge >= 0.3 is 0 Å². The number of ether oxygens (including phenoxy) is 1. The van der Waals surface area contributed by atoms with Crippen molar-refractivity contribution in [3.05, 3.63) is 18.3 Å². The van der Waals surface area contributed by atoms with Crippen LogP contribution in [0.5, 0.6) is 5.75 Å². The van der Waals surface area contributed by atoms with Crippen molar-refractivity contribution in [2.45, 2.75) is 37.6 Å². The summed E-state index contributed by atoms with van der Waals surface area (Å²) < 4.78 is 5.25. The van der Waals surface area contributed by atoms with E-state index in [1.54, 1.807) is 13.3 Å². The van der Waals surface area contributed by atoms with Gasteiger partial charge in [0.05, 0.1) is 12.6 Å². The van der Waals surface area contributed by atoms with Crippen LogP contribution in [0.3, 0.4) is 0 Å². The van der Waals surface area contributed by atoms with Gasteiger partial charge in [0.15, 0.2) is 0 Å². The Labute approximate surface area is 161 Å². The number of pyridine rings is 1. The van der Waals surface area contributed by atoms with Crippen LogP contribution in [0.4, 0.5) is 5.82 Å². The van der Waals surface area contributed by atoms with Gasteiger partial charge in [-0.3, -0.25) is 4.79 Å². The topological polar surface area (TPSA) is 71.7 Å². The molecule has 0 radical (unpaired) electrons. The van der Waals surface area contributed by atoms with Crippen molar-refractivity contribution >= 4 is 36.5 Å². The number of piperazine rings is 1. The molecular formula is C17H28Cl2N4O2. The molecule has 1 saturated heterocycles. The van der Waals surface area contributed by atoms with E-state index >= 15 is 0 Å². The van der Waals surface area contributed by atoms with Crippen molar-refractivity contribution in [2.24, 2.45) is 5.73 Å². The number of carbonyl (C=O) groups excluding carboxylic acids is 1. The fourth-order valence-electron chi connectivity index (χ4n) is 3.55. The molecule has 0 atom stereocenters. The molecule has 1 aromatic heterocycles. The summed E-state index contributed by atoms with van der Waals surface area (Å²) in [5.41, 5.74) is 5.75. The Kier molecular flexibility index (Phi) is 8.25. The summed E-state index contributed by atoms with van der Waals surface area (Å²) >= 11 is 0. The van der Waals surface area contributed by atoms with E-state index in [-0.39, 0.29) is 30.7 Å². The van der Waals surface area contributed by atoms with E-state index in [0.717, 1.165) is 50.3 Å². The molecule has 3 rings (SSSR count). The largest absolute Gasteiger partial charge is 0.497 e. The molecule has 0 bridgehead atoms. The van der Waals surface area contributed by atoms with Crippen LogP contribution in [-0.2, 0) is 4.79 Å². The maximum absolute atomic E-state index is 12.8. The van der Waals surface area contributed by atoms with Gasteiger partial charge in [0.2, 0.25) is 5.91 Å². The van der Waals surface area contributed by atoms with Crippen molar-refractivity contribution in [1.29, 1.82) is 0 Å². The molecule has 0 spiro atoms. The second-order valence-electron chi connectivity index (χ2n) is 6.55. The number of hydrogen-bond acceptors (Lipinski definition) is 5. The van der Waals surface area contributed by atoms with Gasteiger partial charge < -0.3 is 20.3 Å². The Bertz CT molecular complexity index is 559. The molecule has 1 aromatic rings. The van der Waals surface area contributed by atoms with Crippen LogP contribution in [0.2, 0.25) is 0 Å². The van der Waals surface area contributed by atoms with E-state index in [9.17, 15) is 4.79 Å². The van der Waals surface area contributed by atoms with Gasteiger partial charge in [0, 0.05) is 38.4 Å². The smallest absolute Gasteiger partial charge is 0.242 e. The first-order valence-corrected chi connectivity index (χ1v) is 8.46. The highest BCUT2D eigenvalue weighted by atomic mass is 35.5. The minimum atomic E-state index is -0.630. The third-order valence-corrected chi connectivity index (χ3v) is 5.02. The van der Waals surface area contributed by atoms with Gasteiger partial charge in [-0.05, 0) is 18.9 Å². The summed E-state index contributed by atoms with van der Waals surface area (Å²) in [6, 6.07) is 3.77. The highest BCUT2D eigenvalue weighted by Crippen LogP contribution is 2.28. The first-order chi connectivity index (χ1) is 11.1. The Morgan fingerprint density at radius 2 is 1.80 bits per heavy atom. The fraction of sp³-hybridized carbons (Fsp3) is 0.647. The van der Waals surface area contributed by atoms with Gasteiger partial charge in [0.1, 0.15) is 11.6 Å². The number of nitrogens with two attached hydrogens (primary N) is 1. The monoisotopic (exact) mass is 390 g/mol. The predicted octanol–water partition coefficient (Wildman–Crippen LogP) is 2.24. The Morgan fingerprint density at radius 1 is 1.16 bits per heavy atom. The van der Waals surface area contributed by atoms with E-state index in [2.05, 4.69) is 9.88 Å². The number of nitrogens with zero attached hydrogens (tertiary/aromatic N) is 3. The maximum atomic E-state index is 12.8. The Morgan fingerprint density at radius 3 is 2.40 bits per heavy atom. The quantitative estimate of drug-likeness (QED) is 0.856. The predicted molar refractivity (Wildman–Crippen MR) is 104 cm³/mol. The average molecular weight is 391 g/mol. The van der Waals surface area contributed by atoms with Crippen LogP contribution >= 0.6 is 24.8 Å². The maximum Gasteiger partial charge on any atom is 0.242 e. The molecule has 1 saturated carbocycles. The molecular weight excluding hydrogens is 363 g/mol. The molecule has 0 unspecified atom stereocenters. The van der Waals surface area contributed by atoms with Crippen LogP contribution in [0, 0.1) is 0 Å². The normalized spacial score (nSPS) is 19.4. The summed E-state index contributed by atoms with van der Waals surface area (Å²) in [6.07, 6.45) is 6.73. The van der Waals surface area contributed by atoms with Gasteiger partial charge in [-0.2, -0.15) is 0 Å². The minimum Gasteiger partial charge on any atom is -0.497 e. The molecule has 1 amide bonds. The lowest BCUT2D eigenvalue weighted by atomic mass is 9.81. The Balaban J connectivity index is 0.00000156. The van der Waals surface area contributed by atoms with E-state index in [0.29, 0.717) is 13.1 Å². The van der Waals surface area contributed by atoms with Crippen molar-refractivity contribution < 1.29 is 9.53 Å². The lowest BCUT2D eigenvalue weighted by molar-refractivity contribution is -0.138. The van der Waals surface area contributed by atoms with Gasteiger partial charge in [-0.25, -0.2) is 4.98 Å². The first-order valence-electron chi connectivity index (χ1n) is 8.46. The van der Waals surface area contributed by atoms with E-state index < -0.39 is 5.54 Å². The van der Waals surface area contributed by atoms with Crippen LogP contribution in [0.25, 0.3) is 0 Å². The molecule has 2 N–H and O–H groups in total. The highest BCUT2D eigenvalue weighted by molar-refractivity contribution is 5.86. The average Bonchev–Trinajstić information content (AvgIpc) is 2.62. The zero-order valence-electron chi connectivity index (χ0n) is 14.6. The van der Waals surface area contributed by atoms with Crippen LogP contribution < -0.4 is 15.4 Å². The fourth-order valence-corrected chi connectivity index (χ4v) is 3.55. The number of anilines is 1. The summed E-state index contributed by atoms with van der Waals surface area (Å²) in [7, 11) is 1.65. The molecule has 142 valence electrons. The summed E-state index contributed by atoms with van der Waals surface area (Å²) in [4.78, 5) is 21.3. The molecule has 25 heavy (non-hydrogen) atoms. The molecule has 0 aromatic carbocycles. The number of amides is 1. The van der Waals surface area contributed by atoms with Crippen molar-refractivity contribution in [1.82, 2.24) is 9.88 Å². The SMILES string of the molecule is COc1ccnc(N2CCN(C(=O)C3(N)CCCCC3)CC2)c1.Cl.Cl. The number of rotatable bonds is 3. The summed E-state index contributed by atoms with van der Waals surface area (Å²) in [5, 5.41) is 0. The van der Waals surface area contributed by atoms with Gasteiger partial charge in [0.25, 0.3) is 0 Å². The second-order valence-corrected chi connectivity index (χ2v) is 6.55. The second kappa shape index (κ2) is 9.46. The standard InChI is InChI=1S/C17H26N4O2.2ClH/c1-23-14-5-8-19-15(13-14)20-9-11-21(12-10-20)16(22)17(18)6-3-2-4-7-17;;/h5,8,13H,2-4,6-7,9-12,18H2,1H3;2*1H. The number of halogens is 2. The molecule has 2 fully saturated rings. The van der Waals surface area contributed by atoms with Crippen LogP contribution in [-0.4, -0.2) is 54.6 Å². The van der Waals surface area contributed by atoms with Crippen molar-refractivity contribution in [2.75, 3.05) is 38.2 Å². The number of methoxy groups -OCH3 is 1. The molecule has 8 heteroatoms. The highest BCUT2D eigenvalue weighted by Gasteiger charge is 2.39. The molecule has 1 aliphatic heterocycles. The zero-order chi connectivity index (χ0) is 16.3. The Hall–Kier alpha value is -1.24. The van der Waals surface area contributed by atoms with Crippen LogP contribution in [0.15, 0.2) is 18.3 Å². The minimum absolute atomic E-state index is 0. The number of aromatic nitrogens is 1. The number of hydrogen-bond donors (Lipinski definition) is 1. The molecule has 2 heterocycles. The van der Waals surface area contributed by atoms with E-state index in [4.69, 9.17) is 10.5 Å². The van der Waals surface area contributed by atoms with Gasteiger partial charge in [-0.15, -0.1) is 24.8 Å².